The Bertz CT molecular complexity index is 251. The van der Waals surface area contributed by atoms with Crippen LogP contribution in [-0.2, 0) is 9.22 Å². The molecule has 0 aromatic heterocycles. The van der Waals surface area contributed by atoms with Crippen molar-refractivity contribution in [2.45, 2.75) is 62.3 Å². The molecule has 0 aromatic carbocycles. The van der Waals surface area contributed by atoms with Crippen molar-refractivity contribution < 1.29 is 9.22 Å². The lowest BCUT2D eigenvalue weighted by Gasteiger charge is -2.58. The molecule has 0 unspecified atom stereocenters. The van der Waals surface area contributed by atoms with Gasteiger partial charge in [-0.15, -0.1) is 0 Å². The Kier molecular flexibility index (Phi) is 4.33. The molecule has 0 rings (SSSR count). The predicted molar refractivity (Wildman–Crippen MR) is 76.8 cm³/mol. The van der Waals surface area contributed by atoms with Gasteiger partial charge in [-0.2, -0.15) is 0 Å². The van der Waals surface area contributed by atoms with E-state index < -0.39 is 5.41 Å². The Hall–Kier alpha value is -0.313. The highest BCUT2D eigenvalue weighted by atomic mass is 28.2. The van der Waals surface area contributed by atoms with Crippen LogP contribution in [0.15, 0.2) is 0 Å². The number of carbonyl (C=O) groups excluding carboxylic acids is 1. The van der Waals surface area contributed by atoms with Crippen LogP contribution in [0.25, 0.3) is 0 Å². The first-order valence-corrected chi connectivity index (χ1v) is 7.13. The maximum absolute atomic E-state index is 12.6. The van der Waals surface area contributed by atoms with Gasteiger partial charge in [-0.25, -0.2) is 0 Å². The minimum Gasteiger partial charge on any atom is -0.528 e. The normalized spacial score (nSPS) is 14.9. The van der Waals surface area contributed by atoms with Crippen molar-refractivity contribution in [3.63, 3.8) is 0 Å². The summed E-state index contributed by atoms with van der Waals surface area (Å²) in [5, 5.41) is 0. The van der Waals surface area contributed by atoms with Crippen molar-refractivity contribution in [2.24, 2.45) is 21.7 Å². The van der Waals surface area contributed by atoms with Crippen LogP contribution in [0, 0.1) is 21.7 Å². The highest BCUT2D eigenvalue weighted by molar-refractivity contribution is 6.06. The van der Waals surface area contributed by atoms with Crippen LogP contribution < -0.4 is 0 Å². The Morgan fingerprint density at radius 1 is 0.765 bits per heavy atom. The third kappa shape index (κ3) is 2.44. The summed E-state index contributed by atoms with van der Waals surface area (Å²) in [4.78, 5) is 12.6. The second-order valence-electron chi connectivity index (χ2n) is 7.99. The van der Waals surface area contributed by atoms with Crippen LogP contribution in [0.5, 0.6) is 0 Å². The molecule has 0 aliphatic carbocycles. The molecule has 17 heavy (non-hydrogen) atoms. The maximum Gasteiger partial charge on any atom is 0.299 e. The van der Waals surface area contributed by atoms with Crippen LogP contribution in [0.4, 0.5) is 0 Å². The van der Waals surface area contributed by atoms with Gasteiger partial charge in [0.1, 0.15) is 0 Å². The number of hydrogen-bond donors (Lipinski definition) is 0. The third-order valence-electron chi connectivity index (χ3n) is 3.87. The van der Waals surface area contributed by atoms with E-state index in [2.05, 4.69) is 62.3 Å². The molecule has 102 valence electrons. The van der Waals surface area contributed by atoms with Gasteiger partial charge in [-0.05, 0) is 16.2 Å². The largest absolute Gasteiger partial charge is 0.528 e. The second-order valence-corrected chi connectivity index (χ2v) is 8.40. The molecule has 0 atom stereocenters. The Labute approximate surface area is 110 Å². The molecule has 0 aromatic rings. The van der Waals surface area contributed by atoms with E-state index in [-0.39, 0.29) is 22.2 Å². The number of hydrogen-bond acceptors (Lipinski definition) is 2. The smallest absolute Gasteiger partial charge is 0.299 e. The van der Waals surface area contributed by atoms with Gasteiger partial charge in [0.15, 0.2) is 0 Å². The highest BCUT2D eigenvalue weighted by Gasteiger charge is 2.63. The lowest BCUT2D eigenvalue weighted by Crippen LogP contribution is -2.60. The zero-order chi connectivity index (χ0) is 14.3. The van der Waals surface area contributed by atoms with Gasteiger partial charge in [0.25, 0.3) is 5.97 Å². The summed E-state index contributed by atoms with van der Waals surface area (Å²) >= 11 is 0. The molecule has 0 aliphatic rings. The summed E-state index contributed by atoms with van der Waals surface area (Å²) in [5.41, 5.74) is -0.949. The predicted octanol–water partition coefficient (Wildman–Crippen LogP) is 2.93. The molecule has 0 amide bonds. The van der Waals surface area contributed by atoms with Crippen LogP contribution >= 0.6 is 0 Å². The fraction of sp³-hybridized carbons (Fsp3) is 0.929. The van der Waals surface area contributed by atoms with Crippen LogP contribution in [0.2, 0.25) is 0 Å². The fourth-order valence-corrected chi connectivity index (χ4v) is 4.75. The van der Waals surface area contributed by atoms with Gasteiger partial charge in [-0.1, -0.05) is 62.3 Å². The van der Waals surface area contributed by atoms with E-state index in [9.17, 15) is 4.79 Å². The Morgan fingerprint density at radius 3 is 1.06 bits per heavy atom. The summed E-state index contributed by atoms with van der Waals surface area (Å²) in [6, 6.07) is 0. The van der Waals surface area contributed by atoms with Gasteiger partial charge >= 0.3 is 0 Å². The quantitative estimate of drug-likeness (QED) is 0.676. The molecular weight excluding hydrogens is 228 g/mol. The van der Waals surface area contributed by atoms with Crippen LogP contribution in [0.1, 0.15) is 62.3 Å². The molecule has 2 nitrogen and oxygen atoms in total. The first-order chi connectivity index (χ1) is 7.23. The van der Waals surface area contributed by atoms with Crippen molar-refractivity contribution in [3.8, 4) is 0 Å². The second kappa shape index (κ2) is 4.41. The van der Waals surface area contributed by atoms with Crippen LogP contribution in [-0.4, -0.2) is 16.5 Å². The minimum atomic E-state index is -0.505. The van der Waals surface area contributed by atoms with E-state index in [0.29, 0.717) is 10.5 Å². The van der Waals surface area contributed by atoms with Crippen molar-refractivity contribution in [2.75, 3.05) is 0 Å². The average Bonchev–Trinajstić information content (AvgIpc) is 1.95. The lowest BCUT2D eigenvalue weighted by atomic mass is 9.44. The van der Waals surface area contributed by atoms with E-state index in [1.807, 2.05) is 0 Å². The molecule has 0 N–H and O–H groups in total. The minimum absolute atomic E-state index is 0.0448. The highest BCUT2D eigenvalue weighted by Crippen LogP contribution is 2.61. The summed E-state index contributed by atoms with van der Waals surface area (Å²) in [6.45, 7) is 19.3. The van der Waals surface area contributed by atoms with Gasteiger partial charge in [-0.3, -0.25) is 4.79 Å². The summed E-state index contributed by atoms with van der Waals surface area (Å²) < 4.78 is 5.30. The monoisotopic (exact) mass is 258 g/mol. The van der Waals surface area contributed by atoms with Crippen molar-refractivity contribution in [3.05, 3.63) is 0 Å². The molecule has 0 aliphatic heterocycles. The molecule has 3 heteroatoms. The zero-order valence-electron chi connectivity index (χ0n) is 13.3. The molecule has 0 fully saturated rings. The van der Waals surface area contributed by atoms with E-state index in [1.54, 1.807) is 0 Å². The van der Waals surface area contributed by atoms with Crippen molar-refractivity contribution in [1.82, 2.24) is 0 Å². The third-order valence-corrected chi connectivity index (χ3v) is 4.24. The van der Waals surface area contributed by atoms with Gasteiger partial charge in [0.2, 0.25) is 10.5 Å². The molecule has 0 bridgehead atoms. The van der Waals surface area contributed by atoms with E-state index in [0.717, 1.165) is 0 Å². The Balaban J connectivity index is 6.24. The van der Waals surface area contributed by atoms with E-state index >= 15 is 0 Å². The summed E-state index contributed by atoms with van der Waals surface area (Å²) in [7, 11) is 0.455. The standard InChI is InChI=1S/C14H30O2Si/c1-11(2,3)14(10(15)16-17,12(4,5)6)13(7,8)9/h1-9,17H3. The Morgan fingerprint density at radius 2 is 1.00 bits per heavy atom. The van der Waals surface area contributed by atoms with Gasteiger partial charge < -0.3 is 4.43 Å². The average molecular weight is 258 g/mol. The molecule has 0 spiro atoms. The fourth-order valence-electron chi connectivity index (χ4n) is 4.45. The zero-order valence-corrected chi connectivity index (χ0v) is 15.3. The van der Waals surface area contributed by atoms with E-state index in [1.165, 1.54) is 0 Å². The SMILES string of the molecule is CC(C)(C)C(C(=O)O[SiH3])(C(C)(C)C)C(C)(C)C. The van der Waals surface area contributed by atoms with Crippen molar-refractivity contribution >= 4 is 16.5 Å². The summed E-state index contributed by atoms with van der Waals surface area (Å²) in [5.74, 6) is -0.0448. The molecular formula is C14H30O2Si. The van der Waals surface area contributed by atoms with E-state index in [4.69, 9.17) is 4.43 Å². The maximum atomic E-state index is 12.6. The lowest BCUT2D eigenvalue weighted by molar-refractivity contribution is -0.185. The van der Waals surface area contributed by atoms with Gasteiger partial charge in [0.05, 0.1) is 5.41 Å². The van der Waals surface area contributed by atoms with Crippen molar-refractivity contribution in [1.29, 1.82) is 0 Å². The molecule has 0 radical (unpaired) electrons. The van der Waals surface area contributed by atoms with Crippen LogP contribution in [0.3, 0.4) is 0 Å². The van der Waals surface area contributed by atoms with Gasteiger partial charge in [0, 0.05) is 0 Å². The topological polar surface area (TPSA) is 26.3 Å². The molecule has 0 saturated carbocycles. The molecule has 0 saturated heterocycles. The number of rotatable bonds is 1. The molecule has 0 heterocycles. The summed E-state index contributed by atoms with van der Waals surface area (Å²) in [6.07, 6.45) is 0. The first kappa shape index (κ1) is 16.7. The number of carbonyl (C=O) groups is 1. The first-order valence-electron chi connectivity index (χ1n) is 6.32.